The van der Waals surface area contributed by atoms with Crippen molar-refractivity contribution in [3.05, 3.63) is 150 Å². The average Bonchev–Trinajstić information content (AvgIpc) is 3.37. The highest BCUT2D eigenvalue weighted by Crippen LogP contribution is 2.40. The van der Waals surface area contributed by atoms with E-state index in [9.17, 15) is 0 Å². The second-order valence-corrected chi connectivity index (χ2v) is 14.8. The summed E-state index contributed by atoms with van der Waals surface area (Å²) in [5.41, 5.74) is 15.3. The summed E-state index contributed by atoms with van der Waals surface area (Å²) in [7, 11) is 0. The zero-order valence-corrected chi connectivity index (χ0v) is 28.1. The van der Waals surface area contributed by atoms with Crippen LogP contribution in [0.15, 0.2) is 133 Å². The van der Waals surface area contributed by atoms with Gasteiger partial charge in [0.25, 0.3) is 0 Å². The molecule has 0 unspecified atom stereocenters. The Kier molecular flexibility index (Phi) is 7.24. The minimum Gasteiger partial charge on any atom is -0.309 e. The van der Waals surface area contributed by atoms with E-state index in [0.717, 1.165) is 0 Å². The summed E-state index contributed by atoms with van der Waals surface area (Å²) >= 11 is 0. The van der Waals surface area contributed by atoms with Crippen LogP contribution in [0.4, 0.5) is 0 Å². The Labute approximate surface area is 274 Å². The summed E-state index contributed by atoms with van der Waals surface area (Å²) in [6.45, 7) is 16.0. The Balaban J connectivity index is 1.39. The maximum atomic E-state index is 2.47. The maximum absolute atomic E-state index is 2.47. The number of benzene rings is 6. The molecule has 1 aromatic heterocycles. The normalized spacial score (nSPS) is 12.2. The average molecular weight is 598 g/mol. The third kappa shape index (κ3) is 5.35. The second kappa shape index (κ2) is 11.2. The number of nitrogens with zero attached hydrogens (tertiary/aromatic N) is 1. The number of fused-ring (bicyclic) bond motifs is 3. The summed E-state index contributed by atoms with van der Waals surface area (Å²) in [5.74, 6) is 0. The molecule has 0 spiro atoms. The van der Waals surface area contributed by atoms with Crippen molar-refractivity contribution in [2.24, 2.45) is 0 Å². The lowest BCUT2D eigenvalue weighted by Crippen LogP contribution is -2.10. The predicted octanol–water partition coefficient (Wildman–Crippen LogP) is 12.7. The topological polar surface area (TPSA) is 4.93 Å². The smallest absolute Gasteiger partial charge is 0.0541 e. The number of hydrogen-bond acceptors (Lipinski definition) is 0. The molecule has 46 heavy (non-hydrogen) atoms. The van der Waals surface area contributed by atoms with Gasteiger partial charge in [-0.3, -0.25) is 0 Å². The number of rotatable bonds is 4. The molecule has 1 heterocycles. The molecule has 1 nitrogen and oxygen atoms in total. The molecular formula is C45H43N. The van der Waals surface area contributed by atoms with Crippen molar-refractivity contribution in [3.63, 3.8) is 0 Å². The van der Waals surface area contributed by atoms with Crippen molar-refractivity contribution in [1.29, 1.82) is 0 Å². The molecule has 0 saturated carbocycles. The van der Waals surface area contributed by atoms with Gasteiger partial charge in [0, 0.05) is 16.5 Å². The molecule has 7 rings (SSSR count). The van der Waals surface area contributed by atoms with Crippen molar-refractivity contribution < 1.29 is 0 Å². The van der Waals surface area contributed by atoms with Gasteiger partial charge in [-0.25, -0.2) is 0 Å². The highest BCUT2D eigenvalue weighted by atomic mass is 15.0. The lowest BCUT2D eigenvalue weighted by Gasteiger charge is -2.19. The van der Waals surface area contributed by atoms with Crippen molar-refractivity contribution in [3.8, 4) is 39.1 Å². The van der Waals surface area contributed by atoms with Crippen LogP contribution in [-0.2, 0) is 10.8 Å². The van der Waals surface area contributed by atoms with Crippen LogP contribution in [0.2, 0.25) is 0 Å². The van der Waals surface area contributed by atoms with Gasteiger partial charge in [0.1, 0.15) is 0 Å². The van der Waals surface area contributed by atoms with E-state index < -0.39 is 0 Å². The summed E-state index contributed by atoms with van der Waals surface area (Å²) in [6.07, 6.45) is 0. The first-order valence-corrected chi connectivity index (χ1v) is 16.4. The van der Waals surface area contributed by atoms with Crippen LogP contribution in [0.5, 0.6) is 0 Å². The van der Waals surface area contributed by atoms with Crippen LogP contribution in [0.25, 0.3) is 60.9 Å². The monoisotopic (exact) mass is 597 g/mol. The Morgan fingerprint density at radius 1 is 0.413 bits per heavy atom. The van der Waals surface area contributed by atoms with Crippen LogP contribution in [0.3, 0.4) is 0 Å². The Hall–Kier alpha value is -4.88. The molecule has 0 bridgehead atoms. The lowest BCUT2D eigenvalue weighted by atomic mass is 9.85. The van der Waals surface area contributed by atoms with Gasteiger partial charge >= 0.3 is 0 Å². The second-order valence-electron chi connectivity index (χ2n) is 14.8. The van der Waals surface area contributed by atoms with Gasteiger partial charge < -0.3 is 4.57 Å². The molecule has 0 atom stereocenters. The fraction of sp³-hybridized carbons (Fsp3) is 0.200. The van der Waals surface area contributed by atoms with Crippen LogP contribution < -0.4 is 0 Å². The molecule has 0 radical (unpaired) electrons. The van der Waals surface area contributed by atoms with E-state index >= 15 is 0 Å². The van der Waals surface area contributed by atoms with E-state index in [-0.39, 0.29) is 10.8 Å². The van der Waals surface area contributed by atoms with Crippen LogP contribution in [-0.4, -0.2) is 4.57 Å². The van der Waals surface area contributed by atoms with Gasteiger partial charge in [-0.1, -0.05) is 133 Å². The van der Waals surface area contributed by atoms with Gasteiger partial charge in [-0.2, -0.15) is 0 Å². The number of aryl methyl sites for hydroxylation is 1. The van der Waals surface area contributed by atoms with E-state index in [1.807, 2.05) is 0 Å². The van der Waals surface area contributed by atoms with Crippen LogP contribution in [0.1, 0.15) is 58.2 Å². The largest absolute Gasteiger partial charge is 0.309 e. The molecule has 0 aliphatic heterocycles. The quantitative estimate of drug-likeness (QED) is 0.190. The highest BCUT2D eigenvalue weighted by Gasteiger charge is 2.21. The van der Waals surface area contributed by atoms with Gasteiger partial charge in [-0.05, 0) is 110 Å². The first kappa shape index (κ1) is 29.8. The molecule has 0 fully saturated rings. The first-order chi connectivity index (χ1) is 22.0. The van der Waals surface area contributed by atoms with Crippen LogP contribution >= 0.6 is 0 Å². The molecule has 228 valence electrons. The van der Waals surface area contributed by atoms with Gasteiger partial charge in [0.05, 0.1) is 11.0 Å². The van der Waals surface area contributed by atoms with E-state index in [4.69, 9.17) is 0 Å². The Bertz CT molecular complexity index is 2130. The Morgan fingerprint density at radius 3 is 1.39 bits per heavy atom. The van der Waals surface area contributed by atoms with Gasteiger partial charge in [0.2, 0.25) is 0 Å². The minimum absolute atomic E-state index is 0.0798. The molecule has 1 heteroatoms. The lowest BCUT2D eigenvalue weighted by molar-refractivity contribution is 0.590. The first-order valence-electron chi connectivity index (χ1n) is 16.4. The van der Waals surface area contributed by atoms with Crippen molar-refractivity contribution in [2.75, 3.05) is 0 Å². The minimum atomic E-state index is 0.0798. The summed E-state index contributed by atoms with van der Waals surface area (Å²) in [6, 6.07) is 49.4. The van der Waals surface area contributed by atoms with Crippen molar-refractivity contribution in [1.82, 2.24) is 4.57 Å². The zero-order valence-electron chi connectivity index (χ0n) is 28.1. The molecule has 0 aliphatic carbocycles. The maximum Gasteiger partial charge on any atom is 0.0541 e. The standard InChI is InChI=1S/C45H43N/c1-30-26-33(34-18-22-37(31-14-10-8-11-15-31)38(27-34)32-16-12-9-13-17-32)19-23-41(30)46-42-24-20-35(44(2,3)4)28-39(42)40-29-36(45(5,6)7)21-25-43(40)46/h8-29H,1-7H3. The van der Waals surface area contributed by atoms with Gasteiger partial charge in [-0.15, -0.1) is 0 Å². The molecule has 0 N–H and O–H groups in total. The molecular weight excluding hydrogens is 555 g/mol. The molecule has 0 amide bonds. The number of hydrogen-bond donors (Lipinski definition) is 0. The third-order valence-corrected chi connectivity index (χ3v) is 9.46. The predicted molar refractivity (Wildman–Crippen MR) is 199 cm³/mol. The van der Waals surface area contributed by atoms with E-state index in [1.165, 1.54) is 77.6 Å². The van der Waals surface area contributed by atoms with Gasteiger partial charge in [0.15, 0.2) is 0 Å². The third-order valence-electron chi connectivity index (χ3n) is 9.46. The zero-order chi connectivity index (χ0) is 32.2. The molecule has 0 aliphatic rings. The number of aromatic nitrogens is 1. The fourth-order valence-electron chi connectivity index (χ4n) is 6.75. The van der Waals surface area contributed by atoms with Crippen molar-refractivity contribution >= 4 is 21.8 Å². The Morgan fingerprint density at radius 2 is 0.891 bits per heavy atom. The van der Waals surface area contributed by atoms with E-state index in [0.29, 0.717) is 0 Å². The summed E-state index contributed by atoms with van der Waals surface area (Å²) in [4.78, 5) is 0. The van der Waals surface area contributed by atoms with Crippen LogP contribution in [0, 0.1) is 6.92 Å². The SMILES string of the molecule is Cc1cc(-c2ccc(-c3ccccc3)c(-c3ccccc3)c2)ccc1-n1c2ccc(C(C)(C)C)cc2c2cc(C(C)(C)C)ccc21. The molecule has 6 aromatic carbocycles. The van der Waals surface area contributed by atoms with E-state index in [1.54, 1.807) is 0 Å². The summed E-state index contributed by atoms with van der Waals surface area (Å²) < 4.78 is 2.47. The van der Waals surface area contributed by atoms with E-state index in [2.05, 4.69) is 186 Å². The summed E-state index contributed by atoms with van der Waals surface area (Å²) in [5, 5.41) is 2.64. The fourth-order valence-corrected chi connectivity index (χ4v) is 6.75. The molecule has 7 aromatic rings. The van der Waals surface area contributed by atoms with Crippen molar-refractivity contribution in [2.45, 2.75) is 59.3 Å². The highest BCUT2D eigenvalue weighted by molar-refractivity contribution is 6.10. The molecule has 0 saturated heterocycles.